The minimum Gasteiger partial charge on any atom is -0.494 e. The van der Waals surface area contributed by atoms with Gasteiger partial charge in [-0.15, -0.1) is 0 Å². The van der Waals surface area contributed by atoms with Crippen LogP contribution in [-0.4, -0.2) is 24.5 Å². The van der Waals surface area contributed by atoms with E-state index in [4.69, 9.17) is 16.3 Å². The highest BCUT2D eigenvalue weighted by Gasteiger charge is 2.14. The molecule has 2 N–H and O–H groups in total. The number of nitrogens with one attached hydrogen (secondary N) is 2. The van der Waals surface area contributed by atoms with E-state index in [-0.39, 0.29) is 29.9 Å². The van der Waals surface area contributed by atoms with E-state index in [1.165, 1.54) is 25.3 Å². The summed E-state index contributed by atoms with van der Waals surface area (Å²) in [6.07, 6.45) is 0. The maximum Gasteiger partial charge on any atom is 0.273 e. The van der Waals surface area contributed by atoms with E-state index in [2.05, 4.69) is 10.6 Å². The Morgan fingerprint density at radius 2 is 2.08 bits per heavy atom. The number of amides is 1. The van der Waals surface area contributed by atoms with Gasteiger partial charge in [0.05, 0.1) is 30.3 Å². The van der Waals surface area contributed by atoms with Gasteiger partial charge in [-0.3, -0.25) is 14.9 Å². The second-order valence-electron chi connectivity index (χ2n) is 5.35. The molecule has 0 aliphatic carbocycles. The quantitative estimate of drug-likeness (QED) is 0.579. The fraction of sp³-hybridized carbons (Fsp3) is 0.235. The summed E-state index contributed by atoms with van der Waals surface area (Å²) < 4.78 is 5.09. The van der Waals surface area contributed by atoms with Crippen LogP contribution in [0.25, 0.3) is 0 Å². The minimum absolute atomic E-state index is 0.0633. The number of halogens is 1. The molecule has 1 atom stereocenters. The summed E-state index contributed by atoms with van der Waals surface area (Å²) >= 11 is 5.96. The Morgan fingerprint density at radius 1 is 1.32 bits per heavy atom. The molecular weight excluding hydrogens is 346 g/mol. The maximum absolute atomic E-state index is 12.1. The number of rotatable bonds is 7. The van der Waals surface area contributed by atoms with E-state index in [0.29, 0.717) is 10.7 Å². The first-order valence-electron chi connectivity index (χ1n) is 7.52. The number of methoxy groups -OCH3 is 1. The van der Waals surface area contributed by atoms with Gasteiger partial charge in [-0.1, -0.05) is 23.7 Å². The highest BCUT2D eigenvalue weighted by molar-refractivity contribution is 6.30. The zero-order valence-corrected chi connectivity index (χ0v) is 14.5. The Bertz CT molecular complexity index is 782. The number of non-ortho nitro benzene ring substituents is 1. The second-order valence-corrected chi connectivity index (χ2v) is 5.78. The summed E-state index contributed by atoms with van der Waals surface area (Å²) in [6.45, 7) is 1.99. The van der Waals surface area contributed by atoms with Crippen molar-refractivity contribution in [3.63, 3.8) is 0 Å². The molecule has 8 heteroatoms. The number of hydrogen-bond donors (Lipinski definition) is 2. The minimum atomic E-state index is -0.525. The van der Waals surface area contributed by atoms with Crippen molar-refractivity contribution < 1.29 is 14.5 Å². The number of anilines is 1. The topological polar surface area (TPSA) is 93.5 Å². The number of benzene rings is 2. The van der Waals surface area contributed by atoms with Crippen LogP contribution in [0.3, 0.4) is 0 Å². The molecule has 0 fully saturated rings. The van der Waals surface area contributed by atoms with Crippen LogP contribution in [-0.2, 0) is 4.79 Å². The highest BCUT2D eigenvalue weighted by Crippen LogP contribution is 2.28. The van der Waals surface area contributed by atoms with E-state index in [1.54, 1.807) is 6.07 Å². The summed E-state index contributed by atoms with van der Waals surface area (Å²) in [7, 11) is 1.38. The number of hydrogen-bond acceptors (Lipinski definition) is 5. The van der Waals surface area contributed by atoms with Gasteiger partial charge in [0, 0.05) is 17.1 Å². The normalized spacial score (nSPS) is 11.6. The molecule has 0 radical (unpaired) electrons. The summed E-state index contributed by atoms with van der Waals surface area (Å²) in [5.41, 5.74) is 1.23. The Labute approximate surface area is 150 Å². The molecule has 0 spiro atoms. The van der Waals surface area contributed by atoms with E-state index in [0.717, 1.165) is 5.56 Å². The standard InChI is InChI=1S/C17H18ClN3O4/c1-11(12-4-3-5-13(18)8-12)19-10-17(22)20-15-7-6-14(21(23)24)9-16(15)25-2/h3-9,11,19H,10H2,1-2H3,(H,20,22)/t11-/m0/s1. The number of carbonyl (C=O) groups excluding carboxylic acids is 1. The molecule has 1 amide bonds. The predicted octanol–water partition coefficient (Wildman–Crippen LogP) is 3.55. The molecular formula is C17H18ClN3O4. The molecule has 2 aromatic carbocycles. The van der Waals surface area contributed by atoms with Gasteiger partial charge in [0.2, 0.25) is 5.91 Å². The average molecular weight is 364 g/mol. The molecule has 0 aliphatic heterocycles. The lowest BCUT2D eigenvalue weighted by atomic mass is 10.1. The average Bonchev–Trinajstić information content (AvgIpc) is 2.59. The van der Waals surface area contributed by atoms with Gasteiger partial charge in [-0.2, -0.15) is 0 Å². The van der Waals surface area contributed by atoms with Crippen molar-refractivity contribution in [3.05, 3.63) is 63.2 Å². The zero-order chi connectivity index (χ0) is 18.4. The van der Waals surface area contributed by atoms with Crippen LogP contribution in [0.4, 0.5) is 11.4 Å². The molecule has 7 nitrogen and oxygen atoms in total. The van der Waals surface area contributed by atoms with Crippen molar-refractivity contribution in [2.24, 2.45) is 0 Å². The van der Waals surface area contributed by atoms with Crippen LogP contribution in [0.15, 0.2) is 42.5 Å². The lowest BCUT2D eigenvalue weighted by Crippen LogP contribution is -2.30. The SMILES string of the molecule is COc1cc([N+](=O)[O-])ccc1NC(=O)CN[C@@H](C)c1cccc(Cl)c1. The van der Waals surface area contributed by atoms with Gasteiger partial charge in [-0.25, -0.2) is 0 Å². The maximum atomic E-state index is 12.1. The van der Waals surface area contributed by atoms with Crippen LogP contribution in [0.1, 0.15) is 18.5 Å². The molecule has 132 valence electrons. The zero-order valence-electron chi connectivity index (χ0n) is 13.8. The molecule has 0 aliphatic rings. The number of ether oxygens (including phenoxy) is 1. The molecule has 0 saturated carbocycles. The van der Waals surface area contributed by atoms with E-state index >= 15 is 0 Å². The number of nitro benzene ring substituents is 1. The Balaban J connectivity index is 1.97. The summed E-state index contributed by atoms with van der Waals surface area (Å²) in [5.74, 6) is -0.0635. The first kappa shape index (κ1) is 18.7. The van der Waals surface area contributed by atoms with Crippen LogP contribution in [0, 0.1) is 10.1 Å². The number of nitrogens with zero attached hydrogens (tertiary/aromatic N) is 1. The molecule has 0 bridgehead atoms. The Kier molecular flexibility index (Phi) is 6.32. The first-order chi connectivity index (χ1) is 11.9. The fourth-order valence-electron chi connectivity index (χ4n) is 2.23. The third-order valence-electron chi connectivity index (χ3n) is 3.59. The van der Waals surface area contributed by atoms with Gasteiger partial charge in [0.15, 0.2) is 0 Å². The third-order valence-corrected chi connectivity index (χ3v) is 3.82. The predicted molar refractivity (Wildman–Crippen MR) is 96.1 cm³/mol. The van der Waals surface area contributed by atoms with Crippen molar-refractivity contribution >= 4 is 28.9 Å². The molecule has 2 rings (SSSR count). The first-order valence-corrected chi connectivity index (χ1v) is 7.89. The van der Waals surface area contributed by atoms with Crippen molar-refractivity contribution in [3.8, 4) is 5.75 Å². The smallest absolute Gasteiger partial charge is 0.273 e. The van der Waals surface area contributed by atoms with Crippen molar-refractivity contribution in [2.45, 2.75) is 13.0 Å². The Hall–Kier alpha value is -2.64. The van der Waals surface area contributed by atoms with E-state index in [9.17, 15) is 14.9 Å². The lowest BCUT2D eigenvalue weighted by molar-refractivity contribution is -0.384. The van der Waals surface area contributed by atoms with Crippen LogP contribution < -0.4 is 15.4 Å². The molecule has 0 saturated heterocycles. The summed E-state index contributed by atoms with van der Waals surface area (Å²) in [5, 5.41) is 17.2. The van der Waals surface area contributed by atoms with Crippen LogP contribution in [0.2, 0.25) is 5.02 Å². The second kappa shape index (κ2) is 8.46. The molecule has 0 aromatic heterocycles. The summed E-state index contributed by atoms with van der Waals surface area (Å²) in [6, 6.07) is 11.3. The summed E-state index contributed by atoms with van der Waals surface area (Å²) in [4.78, 5) is 22.4. The van der Waals surface area contributed by atoms with Crippen molar-refractivity contribution in [1.82, 2.24) is 5.32 Å². The van der Waals surface area contributed by atoms with Gasteiger partial charge in [-0.05, 0) is 30.7 Å². The molecule has 0 unspecified atom stereocenters. The largest absolute Gasteiger partial charge is 0.494 e. The monoisotopic (exact) mass is 363 g/mol. The van der Waals surface area contributed by atoms with Crippen LogP contribution >= 0.6 is 11.6 Å². The molecule has 0 heterocycles. The van der Waals surface area contributed by atoms with Crippen LogP contribution in [0.5, 0.6) is 5.75 Å². The van der Waals surface area contributed by atoms with Crippen molar-refractivity contribution in [2.75, 3.05) is 19.0 Å². The van der Waals surface area contributed by atoms with E-state index < -0.39 is 4.92 Å². The third kappa shape index (κ3) is 5.17. The Morgan fingerprint density at radius 3 is 2.72 bits per heavy atom. The van der Waals surface area contributed by atoms with Gasteiger partial charge < -0.3 is 15.4 Å². The van der Waals surface area contributed by atoms with Gasteiger partial charge in [0.25, 0.3) is 5.69 Å². The van der Waals surface area contributed by atoms with Gasteiger partial charge in [0.1, 0.15) is 5.75 Å². The molecule has 2 aromatic rings. The van der Waals surface area contributed by atoms with Crippen molar-refractivity contribution in [1.29, 1.82) is 0 Å². The lowest BCUT2D eigenvalue weighted by Gasteiger charge is -2.15. The van der Waals surface area contributed by atoms with Gasteiger partial charge >= 0.3 is 0 Å². The number of carbonyl (C=O) groups is 1. The highest BCUT2D eigenvalue weighted by atomic mass is 35.5. The molecule has 25 heavy (non-hydrogen) atoms. The van der Waals surface area contributed by atoms with E-state index in [1.807, 2.05) is 25.1 Å². The fourth-order valence-corrected chi connectivity index (χ4v) is 2.43. The number of nitro groups is 1.